The largest absolute Gasteiger partial charge is 0.356 e. The Morgan fingerprint density at radius 2 is 1.61 bits per heavy atom. The maximum atomic E-state index is 11.3. The maximum absolute atomic E-state index is 11.3. The highest BCUT2D eigenvalue weighted by atomic mass is 32.2. The molecule has 152 valence electrons. The molecule has 0 atom stereocenters. The summed E-state index contributed by atoms with van der Waals surface area (Å²) in [6.45, 7) is 5.76. The van der Waals surface area contributed by atoms with Gasteiger partial charge < -0.3 is 10.6 Å². The van der Waals surface area contributed by atoms with E-state index in [1.807, 2.05) is 0 Å². The quantitative estimate of drug-likeness (QED) is 0.359. The van der Waals surface area contributed by atoms with Crippen LogP contribution in [-0.4, -0.2) is 28.0 Å². The van der Waals surface area contributed by atoms with Crippen molar-refractivity contribution in [3.8, 4) is 0 Å². The number of benzene rings is 2. The van der Waals surface area contributed by atoms with Crippen LogP contribution in [0.4, 0.5) is 0 Å². The number of hydrogen-bond donors (Lipinski definition) is 3. The second-order valence-electron chi connectivity index (χ2n) is 7.04. The van der Waals surface area contributed by atoms with Gasteiger partial charge in [0, 0.05) is 20.1 Å². The van der Waals surface area contributed by atoms with Gasteiger partial charge in [-0.3, -0.25) is 4.99 Å². The maximum Gasteiger partial charge on any atom is 0.238 e. The van der Waals surface area contributed by atoms with Crippen LogP contribution in [0.2, 0.25) is 0 Å². The van der Waals surface area contributed by atoms with Crippen LogP contribution in [0, 0.1) is 0 Å². The number of sulfonamides is 1. The highest BCUT2D eigenvalue weighted by molar-refractivity contribution is 7.89. The average molecular weight is 403 g/mol. The van der Waals surface area contributed by atoms with Crippen molar-refractivity contribution in [3.05, 3.63) is 65.2 Å². The molecule has 7 heteroatoms. The number of nitrogens with one attached hydrogen (secondary N) is 2. The number of guanidine groups is 1. The third-order valence-corrected chi connectivity index (χ3v) is 5.45. The third kappa shape index (κ3) is 6.98. The zero-order valence-electron chi connectivity index (χ0n) is 16.8. The minimum Gasteiger partial charge on any atom is -0.356 e. The first-order valence-corrected chi connectivity index (χ1v) is 11.0. The number of rotatable bonds is 8. The van der Waals surface area contributed by atoms with Crippen LogP contribution in [0.15, 0.2) is 58.4 Å². The highest BCUT2D eigenvalue weighted by Gasteiger charge is 2.07. The molecule has 0 radical (unpaired) electrons. The molecule has 0 fully saturated rings. The Morgan fingerprint density at radius 1 is 1.00 bits per heavy atom. The predicted molar refractivity (Wildman–Crippen MR) is 115 cm³/mol. The van der Waals surface area contributed by atoms with E-state index in [4.69, 9.17) is 5.14 Å². The molecule has 2 aromatic rings. The molecule has 0 aliphatic rings. The lowest BCUT2D eigenvalue weighted by Crippen LogP contribution is -2.37. The van der Waals surface area contributed by atoms with Gasteiger partial charge in [0.1, 0.15) is 0 Å². The van der Waals surface area contributed by atoms with E-state index < -0.39 is 10.0 Å². The highest BCUT2D eigenvalue weighted by Crippen LogP contribution is 2.15. The molecule has 0 heterocycles. The van der Waals surface area contributed by atoms with E-state index in [1.165, 1.54) is 23.3 Å². The molecular weight excluding hydrogens is 372 g/mol. The van der Waals surface area contributed by atoms with Gasteiger partial charge in [-0.25, -0.2) is 13.6 Å². The lowest BCUT2D eigenvalue weighted by Gasteiger charge is -2.12. The Morgan fingerprint density at radius 3 is 2.14 bits per heavy atom. The molecule has 0 bridgehead atoms. The third-order valence-electron chi connectivity index (χ3n) is 4.52. The van der Waals surface area contributed by atoms with Gasteiger partial charge in [0.15, 0.2) is 5.96 Å². The number of nitrogens with zero attached hydrogens (tertiary/aromatic N) is 1. The molecule has 0 amide bonds. The van der Waals surface area contributed by atoms with Gasteiger partial charge in [-0.05, 0) is 47.6 Å². The van der Waals surface area contributed by atoms with Crippen molar-refractivity contribution >= 4 is 16.0 Å². The fourth-order valence-electron chi connectivity index (χ4n) is 2.77. The first-order valence-electron chi connectivity index (χ1n) is 9.44. The first kappa shape index (κ1) is 21.9. The molecule has 0 spiro atoms. The molecule has 0 aliphatic heterocycles. The predicted octanol–water partition coefficient (Wildman–Crippen LogP) is 2.76. The van der Waals surface area contributed by atoms with Crippen molar-refractivity contribution in [2.45, 2.75) is 44.0 Å². The van der Waals surface area contributed by atoms with Gasteiger partial charge in [0.05, 0.1) is 4.90 Å². The number of aliphatic imine (C=N–C) groups is 1. The molecule has 0 saturated carbocycles. The van der Waals surface area contributed by atoms with Crippen LogP contribution in [-0.2, 0) is 23.0 Å². The first-order chi connectivity index (χ1) is 13.3. The summed E-state index contributed by atoms with van der Waals surface area (Å²) in [6, 6.07) is 15.3. The van der Waals surface area contributed by atoms with E-state index >= 15 is 0 Å². The van der Waals surface area contributed by atoms with Crippen molar-refractivity contribution in [1.82, 2.24) is 10.6 Å². The van der Waals surface area contributed by atoms with Crippen LogP contribution < -0.4 is 15.8 Å². The Bertz CT molecular complexity index is 874. The van der Waals surface area contributed by atoms with E-state index in [0.717, 1.165) is 24.9 Å². The Balaban J connectivity index is 1.74. The van der Waals surface area contributed by atoms with E-state index in [9.17, 15) is 8.42 Å². The van der Waals surface area contributed by atoms with Gasteiger partial charge in [-0.15, -0.1) is 0 Å². The minimum atomic E-state index is -3.66. The van der Waals surface area contributed by atoms with Crippen LogP contribution in [0.3, 0.4) is 0 Å². The molecule has 0 unspecified atom stereocenters. The summed E-state index contributed by atoms with van der Waals surface area (Å²) in [6.07, 6.45) is 2.02. The van der Waals surface area contributed by atoms with Crippen LogP contribution in [0.25, 0.3) is 0 Å². The molecule has 28 heavy (non-hydrogen) atoms. The lowest BCUT2D eigenvalue weighted by atomic mass is 10.0. The molecule has 2 aromatic carbocycles. The summed E-state index contributed by atoms with van der Waals surface area (Å²) >= 11 is 0. The minimum absolute atomic E-state index is 0.111. The summed E-state index contributed by atoms with van der Waals surface area (Å²) in [4.78, 5) is 4.33. The fraction of sp³-hybridized carbons (Fsp3) is 0.381. The van der Waals surface area contributed by atoms with Crippen molar-refractivity contribution in [2.24, 2.45) is 10.1 Å². The van der Waals surface area contributed by atoms with E-state index in [-0.39, 0.29) is 4.90 Å². The van der Waals surface area contributed by atoms with Gasteiger partial charge in [0.2, 0.25) is 10.0 Å². The van der Waals surface area contributed by atoms with Gasteiger partial charge in [0.25, 0.3) is 0 Å². The summed E-state index contributed by atoms with van der Waals surface area (Å²) in [5.74, 6) is 1.27. The number of nitrogens with two attached hydrogens (primary N) is 1. The SMILES string of the molecule is CN=C(NCCCc1ccc(C(C)C)cc1)NCc1ccc(S(N)(=O)=O)cc1. The Kier molecular flexibility index (Phi) is 8.02. The molecule has 0 aromatic heterocycles. The normalized spacial score (nSPS) is 12.2. The molecule has 2 rings (SSSR count). The average Bonchev–Trinajstić information content (AvgIpc) is 2.67. The molecule has 0 saturated heterocycles. The van der Waals surface area contributed by atoms with Crippen molar-refractivity contribution in [1.29, 1.82) is 0 Å². The topological polar surface area (TPSA) is 96.6 Å². The van der Waals surface area contributed by atoms with Crippen LogP contribution in [0.5, 0.6) is 0 Å². The standard InChI is InChI=1S/C21H30N4O2S/c1-16(2)19-10-6-17(7-11-19)5-4-14-24-21(23-3)25-15-18-8-12-20(13-9-18)28(22,26)27/h6-13,16H,4-5,14-15H2,1-3H3,(H2,22,26,27)(H2,23,24,25). The molecule has 6 nitrogen and oxygen atoms in total. The summed E-state index contributed by atoms with van der Waals surface area (Å²) in [7, 11) is -1.93. The summed E-state index contributed by atoms with van der Waals surface area (Å²) in [5.41, 5.74) is 3.65. The molecule has 4 N–H and O–H groups in total. The fourth-order valence-corrected chi connectivity index (χ4v) is 3.29. The van der Waals surface area contributed by atoms with E-state index in [0.29, 0.717) is 18.4 Å². The molecule has 0 aliphatic carbocycles. The monoisotopic (exact) mass is 402 g/mol. The van der Waals surface area contributed by atoms with Crippen molar-refractivity contribution in [3.63, 3.8) is 0 Å². The zero-order chi connectivity index (χ0) is 20.6. The zero-order valence-corrected chi connectivity index (χ0v) is 17.6. The Labute approximate surface area is 168 Å². The summed E-state index contributed by atoms with van der Waals surface area (Å²) < 4.78 is 22.6. The van der Waals surface area contributed by atoms with Crippen molar-refractivity contribution in [2.75, 3.05) is 13.6 Å². The smallest absolute Gasteiger partial charge is 0.238 e. The van der Waals surface area contributed by atoms with Crippen molar-refractivity contribution < 1.29 is 8.42 Å². The number of aryl methyl sites for hydroxylation is 1. The number of hydrogen-bond acceptors (Lipinski definition) is 3. The van der Waals surface area contributed by atoms with E-state index in [2.05, 4.69) is 53.7 Å². The second-order valence-corrected chi connectivity index (χ2v) is 8.60. The van der Waals surface area contributed by atoms with Crippen LogP contribution >= 0.6 is 0 Å². The van der Waals surface area contributed by atoms with Gasteiger partial charge in [-0.1, -0.05) is 50.2 Å². The van der Waals surface area contributed by atoms with Crippen LogP contribution in [0.1, 0.15) is 42.9 Å². The summed E-state index contributed by atoms with van der Waals surface area (Å²) in [5, 5.41) is 11.6. The van der Waals surface area contributed by atoms with Gasteiger partial charge in [-0.2, -0.15) is 0 Å². The Hall–Kier alpha value is -2.38. The van der Waals surface area contributed by atoms with Gasteiger partial charge >= 0.3 is 0 Å². The number of primary sulfonamides is 1. The molecular formula is C21H30N4O2S. The lowest BCUT2D eigenvalue weighted by molar-refractivity contribution is 0.597. The van der Waals surface area contributed by atoms with E-state index in [1.54, 1.807) is 19.2 Å². The second kappa shape index (κ2) is 10.2.